The maximum atomic E-state index is 13.0. The summed E-state index contributed by atoms with van der Waals surface area (Å²) in [6.45, 7) is 4.02. The van der Waals surface area contributed by atoms with Crippen molar-refractivity contribution in [2.45, 2.75) is 32.5 Å². The standard InChI is InChI=1S/C25H23N3O4/c1-16(2)32-20-9-7-18(8-10-20)23(29)21-22(19-6-4-12-27-14-19)28(25(31)24(21)30)15-17-5-3-11-26-13-17/h3-14,16,22,29H,15H2,1-2H3/t22-/m1/s1. The van der Waals surface area contributed by atoms with Crippen LogP contribution in [-0.4, -0.2) is 37.8 Å². The Labute approximate surface area is 186 Å². The summed E-state index contributed by atoms with van der Waals surface area (Å²) in [5.41, 5.74) is 1.87. The molecule has 0 radical (unpaired) electrons. The predicted octanol–water partition coefficient (Wildman–Crippen LogP) is 3.89. The van der Waals surface area contributed by atoms with Crippen LogP contribution >= 0.6 is 0 Å². The first kappa shape index (κ1) is 21.2. The van der Waals surface area contributed by atoms with Crippen LogP contribution in [0, 0.1) is 0 Å². The lowest BCUT2D eigenvalue weighted by molar-refractivity contribution is -0.140. The second-order valence-corrected chi connectivity index (χ2v) is 7.77. The third-order valence-corrected chi connectivity index (χ3v) is 5.12. The lowest BCUT2D eigenvalue weighted by Gasteiger charge is -2.25. The third kappa shape index (κ3) is 4.23. The summed E-state index contributed by atoms with van der Waals surface area (Å²) in [5.74, 6) is -0.994. The molecule has 162 valence electrons. The quantitative estimate of drug-likeness (QED) is 0.363. The fourth-order valence-corrected chi connectivity index (χ4v) is 3.73. The van der Waals surface area contributed by atoms with Gasteiger partial charge in [0.1, 0.15) is 11.5 Å². The molecule has 1 N–H and O–H groups in total. The van der Waals surface area contributed by atoms with Crippen molar-refractivity contribution >= 4 is 17.4 Å². The molecule has 3 heterocycles. The minimum absolute atomic E-state index is 0.0119. The van der Waals surface area contributed by atoms with Gasteiger partial charge in [0, 0.05) is 36.9 Å². The number of carbonyl (C=O) groups excluding carboxylic acids is 2. The number of ketones is 1. The number of nitrogens with zero attached hydrogens (tertiary/aromatic N) is 3. The Hall–Kier alpha value is -4.00. The largest absolute Gasteiger partial charge is 0.507 e. The van der Waals surface area contributed by atoms with Crippen LogP contribution in [0.15, 0.2) is 78.9 Å². The normalized spacial score (nSPS) is 17.7. The molecule has 0 aliphatic carbocycles. The molecule has 1 aromatic carbocycles. The van der Waals surface area contributed by atoms with Gasteiger partial charge in [-0.3, -0.25) is 19.6 Å². The number of amides is 1. The number of ether oxygens (including phenoxy) is 1. The Morgan fingerprint density at radius 2 is 1.72 bits per heavy atom. The Morgan fingerprint density at radius 1 is 1.03 bits per heavy atom. The SMILES string of the molecule is CC(C)Oc1ccc(C(O)=C2C(=O)C(=O)N(Cc3cccnc3)[C@@H]2c2cccnc2)cc1. The molecule has 7 heteroatoms. The zero-order chi connectivity index (χ0) is 22.7. The lowest BCUT2D eigenvalue weighted by atomic mass is 9.96. The van der Waals surface area contributed by atoms with E-state index in [-0.39, 0.29) is 24.0 Å². The first-order valence-electron chi connectivity index (χ1n) is 10.3. The van der Waals surface area contributed by atoms with Gasteiger partial charge in [0.2, 0.25) is 0 Å². The number of hydrogen-bond acceptors (Lipinski definition) is 6. The number of aliphatic hydroxyl groups is 1. The number of hydrogen-bond donors (Lipinski definition) is 1. The van der Waals surface area contributed by atoms with Gasteiger partial charge in [-0.1, -0.05) is 12.1 Å². The first-order chi connectivity index (χ1) is 15.5. The number of Topliss-reactive ketones (excluding diaryl/α,β-unsaturated/α-hetero) is 1. The number of aliphatic hydroxyl groups excluding tert-OH is 1. The van der Waals surface area contributed by atoms with Crippen LogP contribution in [0.3, 0.4) is 0 Å². The molecular formula is C25H23N3O4. The first-order valence-corrected chi connectivity index (χ1v) is 10.3. The highest BCUT2D eigenvalue weighted by atomic mass is 16.5. The van der Waals surface area contributed by atoms with Gasteiger partial charge in [-0.15, -0.1) is 0 Å². The zero-order valence-electron chi connectivity index (χ0n) is 17.8. The molecule has 1 amide bonds. The molecule has 1 fully saturated rings. The van der Waals surface area contributed by atoms with Crippen LogP contribution in [-0.2, 0) is 16.1 Å². The van der Waals surface area contributed by atoms with Crippen LogP contribution in [0.2, 0.25) is 0 Å². The van der Waals surface area contributed by atoms with Gasteiger partial charge in [0.15, 0.2) is 0 Å². The average molecular weight is 429 g/mol. The monoisotopic (exact) mass is 429 g/mol. The van der Waals surface area contributed by atoms with Crippen LogP contribution in [0.1, 0.15) is 36.6 Å². The van der Waals surface area contributed by atoms with Crippen molar-refractivity contribution in [3.63, 3.8) is 0 Å². The molecule has 0 spiro atoms. The van der Waals surface area contributed by atoms with Gasteiger partial charge in [-0.25, -0.2) is 0 Å². The summed E-state index contributed by atoms with van der Waals surface area (Å²) in [5, 5.41) is 11.1. The molecule has 0 saturated carbocycles. The van der Waals surface area contributed by atoms with E-state index in [2.05, 4.69) is 9.97 Å². The van der Waals surface area contributed by atoms with Gasteiger partial charge < -0.3 is 14.7 Å². The van der Waals surface area contributed by atoms with E-state index in [0.29, 0.717) is 16.9 Å². The Kier molecular flexibility index (Phi) is 5.98. The van der Waals surface area contributed by atoms with Gasteiger partial charge in [-0.2, -0.15) is 0 Å². The Bertz CT molecular complexity index is 1140. The number of aromatic nitrogens is 2. The molecule has 1 aliphatic rings. The highest BCUT2D eigenvalue weighted by Gasteiger charge is 2.46. The van der Waals surface area contributed by atoms with Crippen molar-refractivity contribution in [1.82, 2.24) is 14.9 Å². The minimum Gasteiger partial charge on any atom is -0.507 e. The van der Waals surface area contributed by atoms with E-state index in [1.54, 1.807) is 67.3 Å². The summed E-state index contributed by atoms with van der Waals surface area (Å²) < 4.78 is 5.65. The van der Waals surface area contributed by atoms with E-state index >= 15 is 0 Å². The number of carbonyl (C=O) groups is 2. The van der Waals surface area contributed by atoms with Crippen molar-refractivity contribution in [3.05, 3.63) is 95.6 Å². The van der Waals surface area contributed by atoms with Crippen LogP contribution in [0.5, 0.6) is 5.75 Å². The van der Waals surface area contributed by atoms with Crippen molar-refractivity contribution in [2.75, 3.05) is 0 Å². The number of likely N-dealkylation sites (tertiary alicyclic amines) is 1. The molecule has 1 saturated heterocycles. The number of benzene rings is 1. The molecule has 7 nitrogen and oxygen atoms in total. The van der Waals surface area contributed by atoms with Crippen molar-refractivity contribution < 1.29 is 19.4 Å². The number of rotatable bonds is 6. The summed E-state index contributed by atoms with van der Waals surface area (Å²) in [6.07, 6.45) is 6.51. The minimum atomic E-state index is -0.768. The number of pyridine rings is 2. The topological polar surface area (TPSA) is 92.6 Å². The zero-order valence-corrected chi connectivity index (χ0v) is 17.8. The maximum absolute atomic E-state index is 13.0. The Morgan fingerprint density at radius 3 is 2.31 bits per heavy atom. The van der Waals surface area contributed by atoms with Gasteiger partial charge in [-0.05, 0) is 61.4 Å². The highest BCUT2D eigenvalue weighted by Crippen LogP contribution is 2.40. The fraction of sp³-hybridized carbons (Fsp3) is 0.200. The average Bonchev–Trinajstić information content (AvgIpc) is 3.05. The van der Waals surface area contributed by atoms with Crippen LogP contribution < -0.4 is 4.74 Å². The molecule has 1 atom stereocenters. The highest BCUT2D eigenvalue weighted by molar-refractivity contribution is 6.46. The molecule has 1 aliphatic heterocycles. The smallest absolute Gasteiger partial charge is 0.295 e. The summed E-state index contributed by atoms with van der Waals surface area (Å²) in [4.78, 5) is 35.7. The van der Waals surface area contributed by atoms with Crippen molar-refractivity contribution in [1.29, 1.82) is 0 Å². The molecule has 2 aromatic heterocycles. The van der Waals surface area contributed by atoms with E-state index < -0.39 is 17.7 Å². The van der Waals surface area contributed by atoms with E-state index in [9.17, 15) is 14.7 Å². The van der Waals surface area contributed by atoms with Gasteiger partial charge >= 0.3 is 0 Å². The van der Waals surface area contributed by atoms with E-state index in [1.807, 2.05) is 19.9 Å². The molecule has 3 aromatic rings. The summed E-state index contributed by atoms with van der Waals surface area (Å²) >= 11 is 0. The van der Waals surface area contributed by atoms with Crippen LogP contribution in [0.4, 0.5) is 0 Å². The van der Waals surface area contributed by atoms with Gasteiger partial charge in [0.25, 0.3) is 11.7 Å². The Balaban J connectivity index is 1.78. The van der Waals surface area contributed by atoms with E-state index in [1.165, 1.54) is 4.90 Å². The third-order valence-electron chi connectivity index (χ3n) is 5.12. The molecule has 0 bridgehead atoms. The van der Waals surface area contributed by atoms with Crippen molar-refractivity contribution in [3.8, 4) is 5.75 Å². The molecule has 32 heavy (non-hydrogen) atoms. The summed E-state index contributed by atoms with van der Waals surface area (Å²) in [7, 11) is 0. The second-order valence-electron chi connectivity index (χ2n) is 7.77. The molecule has 0 unspecified atom stereocenters. The van der Waals surface area contributed by atoms with E-state index in [4.69, 9.17) is 4.74 Å². The second kappa shape index (κ2) is 9.01. The van der Waals surface area contributed by atoms with E-state index in [0.717, 1.165) is 5.56 Å². The molecule has 4 rings (SSSR count). The summed E-state index contributed by atoms with van der Waals surface area (Å²) in [6, 6.07) is 13.1. The van der Waals surface area contributed by atoms with Crippen molar-refractivity contribution in [2.24, 2.45) is 0 Å². The fourth-order valence-electron chi connectivity index (χ4n) is 3.73. The molecular weight excluding hydrogens is 406 g/mol. The van der Waals surface area contributed by atoms with Gasteiger partial charge in [0.05, 0.1) is 17.7 Å². The maximum Gasteiger partial charge on any atom is 0.295 e. The predicted molar refractivity (Wildman–Crippen MR) is 119 cm³/mol. The van der Waals surface area contributed by atoms with Crippen LogP contribution in [0.25, 0.3) is 5.76 Å². The lowest BCUT2D eigenvalue weighted by Crippen LogP contribution is -2.29.